The molecule has 2 N–H and O–H groups in total. The van der Waals surface area contributed by atoms with Crippen LogP contribution in [-0.2, 0) is 9.47 Å². The van der Waals surface area contributed by atoms with Gasteiger partial charge in [-0.05, 0) is 56.8 Å². The minimum absolute atomic E-state index is 0.00105. The van der Waals surface area contributed by atoms with Crippen LogP contribution in [0.4, 0.5) is 0 Å². The van der Waals surface area contributed by atoms with E-state index >= 15 is 0 Å². The summed E-state index contributed by atoms with van der Waals surface area (Å²) in [6.07, 6.45) is 10.6. The molecule has 0 aromatic rings. The van der Waals surface area contributed by atoms with Gasteiger partial charge in [0.2, 0.25) is 0 Å². The molecule has 4 nitrogen and oxygen atoms in total. The van der Waals surface area contributed by atoms with Gasteiger partial charge in [-0.15, -0.1) is 0 Å². The highest BCUT2D eigenvalue weighted by Gasteiger charge is 2.63. The Kier molecular flexibility index (Phi) is 3.78. The summed E-state index contributed by atoms with van der Waals surface area (Å²) in [5.41, 5.74) is 0.293. The second-order valence-electron chi connectivity index (χ2n) is 9.98. The molecule has 6 atom stereocenters. The number of hydrogen-bond donors (Lipinski definition) is 2. The first kappa shape index (κ1) is 17.7. The van der Waals surface area contributed by atoms with Gasteiger partial charge in [-0.1, -0.05) is 25.5 Å². The standard InChI is InChI=1S/C22H34O4/c1-3-21(24)10-6-17-15-5-9-20(23)14-22(25-12-13-26-22)11-7-18(20)16(15)4-8-19(17,21)2/h4,15,17-18,23-24H,3,5-14H2,1-2H3/t15?,17-,18?,19?,20+,21-/m0/s1. The zero-order valence-electron chi connectivity index (χ0n) is 16.3. The number of rotatable bonds is 1. The van der Waals surface area contributed by atoms with Crippen LogP contribution in [0.15, 0.2) is 11.6 Å². The number of hydrogen-bond acceptors (Lipinski definition) is 4. The molecule has 5 rings (SSSR count). The monoisotopic (exact) mass is 362 g/mol. The molecule has 4 heteroatoms. The Hall–Kier alpha value is -0.420. The van der Waals surface area contributed by atoms with Gasteiger partial charge < -0.3 is 19.7 Å². The van der Waals surface area contributed by atoms with Crippen molar-refractivity contribution in [2.45, 2.75) is 88.6 Å². The number of aliphatic hydroxyl groups is 2. The number of allylic oxidation sites excluding steroid dienone is 1. The van der Waals surface area contributed by atoms with E-state index in [4.69, 9.17) is 9.47 Å². The quantitative estimate of drug-likeness (QED) is 0.700. The summed E-state index contributed by atoms with van der Waals surface area (Å²) in [5, 5.41) is 22.8. The van der Waals surface area contributed by atoms with Crippen LogP contribution in [-0.4, -0.2) is 40.4 Å². The van der Waals surface area contributed by atoms with Gasteiger partial charge in [0.05, 0.1) is 24.4 Å². The van der Waals surface area contributed by atoms with Gasteiger partial charge in [0.25, 0.3) is 0 Å². The predicted octanol–water partition coefficient (Wildman–Crippen LogP) is 3.56. The fraction of sp³-hybridized carbons (Fsp3) is 0.909. The molecule has 3 saturated carbocycles. The van der Waals surface area contributed by atoms with Crippen LogP contribution in [0.3, 0.4) is 0 Å². The topological polar surface area (TPSA) is 58.9 Å². The van der Waals surface area contributed by atoms with Gasteiger partial charge in [0.15, 0.2) is 5.79 Å². The maximum atomic E-state index is 11.6. The third kappa shape index (κ3) is 2.16. The summed E-state index contributed by atoms with van der Waals surface area (Å²) in [6, 6.07) is 0. The van der Waals surface area contributed by atoms with E-state index in [9.17, 15) is 10.2 Å². The van der Waals surface area contributed by atoms with E-state index in [-0.39, 0.29) is 11.3 Å². The van der Waals surface area contributed by atoms with Crippen LogP contribution in [0.2, 0.25) is 0 Å². The molecule has 0 aromatic carbocycles. The fourth-order valence-corrected chi connectivity index (χ4v) is 7.59. The van der Waals surface area contributed by atoms with E-state index in [1.165, 1.54) is 5.57 Å². The van der Waals surface area contributed by atoms with Crippen LogP contribution in [0.25, 0.3) is 0 Å². The van der Waals surface area contributed by atoms with Crippen molar-refractivity contribution in [3.05, 3.63) is 11.6 Å². The van der Waals surface area contributed by atoms with Crippen molar-refractivity contribution in [1.82, 2.24) is 0 Å². The molecule has 0 aromatic heterocycles. The van der Waals surface area contributed by atoms with E-state index in [0.717, 1.165) is 51.4 Å². The molecule has 4 fully saturated rings. The average molecular weight is 363 g/mol. The summed E-state index contributed by atoms with van der Waals surface area (Å²) in [7, 11) is 0. The molecule has 0 amide bonds. The Morgan fingerprint density at radius 1 is 1.08 bits per heavy atom. The van der Waals surface area contributed by atoms with Crippen molar-refractivity contribution in [3.8, 4) is 0 Å². The van der Waals surface area contributed by atoms with E-state index < -0.39 is 17.0 Å². The van der Waals surface area contributed by atoms with Crippen LogP contribution in [0, 0.1) is 23.2 Å². The molecule has 1 heterocycles. The molecule has 0 radical (unpaired) electrons. The number of fused-ring (bicyclic) bond motifs is 5. The highest BCUT2D eigenvalue weighted by molar-refractivity contribution is 5.29. The molecule has 146 valence electrons. The van der Waals surface area contributed by atoms with Gasteiger partial charge >= 0.3 is 0 Å². The maximum absolute atomic E-state index is 11.6. The van der Waals surface area contributed by atoms with Crippen molar-refractivity contribution < 1.29 is 19.7 Å². The first-order chi connectivity index (χ1) is 12.3. The normalized spacial score (nSPS) is 52.3. The summed E-state index contributed by atoms with van der Waals surface area (Å²) in [6.45, 7) is 5.76. The molecular formula is C22H34O4. The summed E-state index contributed by atoms with van der Waals surface area (Å²) >= 11 is 0. The van der Waals surface area contributed by atoms with Gasteiger partial charge in [-0.3, -0.25) is 0 Å². The first-order valence-electron chi connectivity index (χ1n) is 10.8. The predicted molar refractivity (Wildman–Crippen MR) is 98.4 cm³/mol. The largest absolute Gasteiger partial charge is 0.389 e. The maximum Gasteiger partial charge on any atom is 0.171 e. The molecule has 1 aliphatic heterocycles. The minimum atomic E-state index is -0.682. The summed E-state index contributed by atoms with van der Waals surface area (Å²) in [4.78, 5) is 0. The van der Waals surface area contributed by atoms with Crippen LogP contribution >= 0.6 is 0 Å². The van der Waals surface area contributed by atoms with Crippen molar-refractivity contribution in [1.29, 1.82) is 0 Å². The Labute approximate surface area is 156 Å². The third-order valence-electron chi connectivity index (χ3n) is 9.15. The van der Waals surface area contributed by atoms with E-state index in [2.05, 4.69) is 19.9 Å². The van der Waals surface area contributed by atoms with Gasteiger partial charge in [-0.25, -0.2) is 0 Å². The molecule has 1 saturated heterocycles. The minimum Gasteiger partial charge on any atom is -0.389 e. The third-order valence-corrected chi connectivity index (χ3v) is 9.15. The van der Waals surface area contributed by atoms with Gasteiger partial charge in [-0.2, -0.15) is 0 Å². The highest BCUT2D eigenvalue weighted by atomic mass is 16.7. The molecule has 4 aliphatic carbocycles. The van der Waals surface area contributed by atoms with Crippen molar-refractivity contribution in [2.75, 3.05) is 13.2 Å². The molecular weight excluding hydrogens is 328 g/mol. The Bertz CT molecular complexity index is 624. The summed E-state index contributed by atoms with van der Waals surface area (Å²) in [5.74, 6) is 0.822. The van der Waals surface area contributed by atoms with E-state index in [1.54, 1.807) is 0 Å². The molecule has 1 spiro atoms. The summed E-state index contributed by atoms with van der Waals surface area (Å²) < 4.78 is 11.8. The lowest BCUT2D eigenvalue weighted by atomic mass is 9.51. The van der Waals surface area contributed by atoms with Crippen molar-refractivity contribution in [3.63, 3.8) is 0 Å². The average Bonchev–Trinajstić information content (AvgIpc) is 3.17. The lowest BCUT2D eigenvalue weighted by Gasteiger charge is -2.57. The SMILES string of the molecule is CC[C@]1(O)CC[C@H]2C3CC[C@@]4(O)CC5(CCC4C3=CCC21C)OCCO5. The number of ether oxygens (including phenoxy) is 2. The lowest BCUT2D eigenvalue weighted by Crippen LogP contribution is -2.57. The molecule has 0 bridgehead atoms. The van der Waals surface area contributed by atoms with Crippen molar-refractivity contribution >= 4 is 0 Å². The van der Waals surface area contributed by atoms with Crippen LogP contribution in [0.5, 0.6) is 0 Å². The smallest absolute Gasteiger partial charge is 0.171 e. The van der Waals surface area contributed by atoms with Crippen molar-refractivity contribution in [2.24, 2.45) is 23.2 Å². The van der Waals surface area contributed by atoms with Crippen LogP contribution < -0.4 is 0 Å². The molecule has 5 aliphatic rings. The lowest BCUT2D eigenvalue weighted by molar-refractivity contribution is -0.236. The highest BCUT2D eigenvalue weighted by Crippen LogP contribution is 2.65. The zero-order valence-corrected chi connectivity index (χ0v) is 16.3. The molecule has 26 heavy (non-hydrogen) atoms. The first-order valence-corrected chi connectivity index (χ1v) is 10.8. The van der Waals surface area contributed by atoms with Crippen LogP contribution in [0.1, 0.15) is 71.6 Å². The van der Waals surface area contributed by atoms with Gasteiger partial charge in [0.1, 0.15) is 0 Å². The van der Waals surface area contributed by atoms with Gasteiger partial charge in [0, 0.05) is 24.2 Å². The zero-order chi connectivity index (χ0) is 18.2. The second kappa shape index (κ2) is 5.56. The molecule has 3 unspecified atom stereocenters. The Balaban J connectivity index is 1.45. The Morgan fingerprint density at radius 3 is 2.58 bits per heavy atom. The van der Waals surface area contributed by atoms with E-state index in [0.29, 0.717) is 31.5 Å². The fourth-order valence-electron chi connectivity index (χ4n) is 7.59. The van der Waals surface area contributed by atoms with E-state index in [1.807, 2.05) is 0 Å². The second-order valence-corrected chi connectivity index (χ2v) is 9.98. The Morgan fingerprint density at radius 2 is 1.85 bits per heavy atom.